The molecule has 2 N–H and O–H groups in total. The summed E-state index contributed by atoms with van der Waals surface area (Å²) in [5, 5.41) is 10.8. The number of carbonyl (C=O) groups is 2. The summed E-state index contributed by atoms with van der Waals surface area (Å²) in [7, 11) is 0. The molecular weight excluding hydrogens is 269 g/mol. The SMILES string of the molecule is O=CNC(C(=O)O)c1ccc(Br)cc1F. The molecule has 1 unspecified atom stereocenters. The molecule has 0 saturated heterocycles. The Kier molecular flexibility index (Phi) is 3.79. The number of aliphatic carboxylic acids is 1. The van der Waals surface area contributed by atoms with Crippen molar-refractivity contribution < 1.29 is 19.1 Å². The summed E-state index contributed by atoms with van der Waals surface area (Å²) in [5.41, 5.74) is -0.0854. The van der Waals surface area contributed by atoms with E-state index in [1.807, 2.05) is 5.32 Å². The lowest BCUT2D eigenvalue weighted by Gasteiger charge is -2.12. The molecule has 80 valence electrons. The average molecular weight is 276 g/mol. The quantitative estimate of drug-likeness (QED) is 0.818. The maximum absolute atomic E-state index is 13.3. The molecule has 0 aromatic heterocycles. The molecule has 1 atom stereocenters. The van der Waals surface area contributed by atoms with Gasteiger partial charge in [-0.3, -0.25) is 4.79 Å². The van der Waals surface area contributed by atoms with Crippen molar-refractivity contribution in [1.29, 1.82) is 0 Å². The Morgan fingerprint density at radius 2 is 2.27 bits per heavy atom. The summed E-state index contributed by atoms with van der Waals surface area (Å²) in [6.45, 7) is 0. The number of hydrogen-bond acceptors (Lipinski definition) is 2. The van der Waals surface area contributed by atoms with E-state index in [-0.39, 0.29) is 12.0 Å². The summed E-state index contributed by atoms with van der Waals surface area (Å²) in [6.07, 6.45) is 0.222. The molecule has 0 aliphatic rings. The first-order chi connectivity index (χ1) is 7.06. The van der Waals surface area contributed by atoms with Gasteiger partial charge in [-0.15, -0.1) is 0 Å². The largest absolute Gasteiger partial charge is 0.479 e. The van der Waals surface area contributed by atoms with Gasteiger partial charge in [0.2, 0.25) is 6.41 Å². The van der Waals surface area contributed by atoms with Crippen molar-refractivity contribution >= 4 is 28.3 Å². The van der Waals surface area contributed by atoms with Gasteiger partial charge < -0.3 is 10.4 Å². The Hall–Kier alpha value is -1.43. The molecule has 1 aromatic rings. The molecule has 0 heterocycles. The van der Waals surface area contributed by atoms with E-state index in [9.17, 15) is 14.0 Å². The summed E-state index contributed by atoms with van der Waals surface area (Å²) in [6, 6.07) is 2.57. The molecule has 1 aromatic carbocycles. The second-order valence-corrected chi connectivity index (χ2v) is 3.64. The van der Waals surface area contributed by atoms with E-state index in [2.05, 4.69) is 15.9 Å². The molecule has 0 bridgehead atoms. The van der Waals surface area contributed by atoms with E-state index in [1.165, 1.54) is 12.1 Å². The van der Waals surface area contributed by atoms with Crippen LogP contribution < -0.4 is 5.32 Å². The van der Waals surface area contributed by atoms with E-state index in [0.717, 1.165) is 6.07 Å². The molecule has 1 amide bonds. The molecular formula is C9H7BrFNO3. The Morgan fingerprint density at radius 3 is 2.73 bits per heavy atom. The zero-order chi connectivity index (χ0) is 11.4. The fourth-order valence-corrected chi connectivity index (χ4v) is 1.43. The highest BCUT2D eigenvalue weighted by molar-refractivity contribution is 9.10. The van der Waals surface area contributed by atoms with Crippen molar-refractivity contribution in [1.82, 2.24) is 5.32 Å². The predicted octanol–water partition coefficient (Wildman–Crippen LogP) is 1.46. The van der Waals surface area contributed by atoms with Crippen LogP contribution in [-0.4, -0.2) is 17.5 Å². The number of rotatable bonds is 4. The number of nitrogens with one attached hydrogen (secondary N) is 1. The van der Waals surface area contributed by atoms with Gasteiger partial charge in [-0.1, -0.05) is 22.0 Å². The van der Waals surface area contributed by atoms with E-state index < -0.39 is 17.8 Å². The molecule has 0 spiro atoms. The molecule has 0 saturated carbocycles. The van der Waals surface area contributed by atoms with Crippen molar-refractivity contribution in [2.24, 2.45) is 0 Å². The van der Waals surface area contributed by atoms with Crippen molar-refractivity contribution in [2.45, 2.75) is 6.04 Å². The predicted molar refractivity (Wildman–Crippen MR) is 53.7 cm³/mol. The van der Waals surface area contributed by atoms with Crippen LogP contribution in [-0.2, 0) is 9.59 Å². The van der Waals surface area contributed by atoms with Crippen LogP contribution in [0.15, 0.2) is 22.7 Å². The third-order valence-electron chi connectivity index (χ3n) is 1.76. The van der Waals surface area contributed by atoms with Gasteiger partial charge in [-0.2, -0.15) is 0 Å². The first-order valence-corrected chi connectivity index (χ1v) is 4.73. The Labute approximate surface area is 93.2 Å². The van der Waals surface area contributed by atoms with Crippen LogP contribution in [0, 0.1) is 5.82 Å². The normalized spacial score (nSPS) is 11.9. The van der Waals surface area contributed by atoms with Crippen LogP contribution in [0.1, 0.15) is 11.6 Å². The fourth-order valence-electron chi connectivity index (χ4n) is 1.10. The molecule has 0 aliphatic carbocycles. The van der Waals surface area contributed by atoms with Gasteiger partial charge in [0, 0.05) is 10.0 Å². The Balaban J connectivity index is 3.10. The number of amides is 1. The van der Waals surface area contributed by atoms with E-state index in [4.69, 9.17) is 5.11 Å². The van der Waals surface area contributed by atoms with Crippen molar-refractivity contribution in [3.05, 3.63) is 34.1 Å². The lowest BCUT2D eigenvalue weighted by atomic mass is 10.1. The smallest absolute Gasteiger partial charge is 0.331 e. The van der Waals surface area contributed by atoms with Crippen molar-refractivity contribution in [3.63, 3.8) is 0 Å². The molecule has 0 radical (unpaired) electrons. The zero-order valence-electron chi connectivity index (χ0n) is 7.41. The number of carbonyl (C=O) groups excluding carboxylic acids is 1. The molecule has 0 fully saturated rings. The van der Waals surface area contributed by atoms with Gasteiger partial charge in [0.1, 0.15) is 5.82 Å². The highest BCUT2D eigenvalue weighted by Gasteiger charge is 2.22. The molecule has 0 aliphatic heterocycles. The van der Waals surface area contributed by atoms with Crippen LogP contribution >= 0.6 is 15.9 Å². The third-order valence-corrected chi connectivity index (χ3v) is 2.25. The van der Waals surface area contributed by atoms with E-state index >= 15 is 0 Å². The van der Waals surface area contributed by atoms with Gasteiger partial charge in [0.15, 0.2) is 6.04 Å². The maximum atomic E-state index is 13.3. The van der Waals surface area contributed by atoms with Crippen molar-refractivity contribution in [3.8, 4) is 0 Å². The topological polar surface area (TPSA) is 66.4 Å². The second-order valence-electron chi connectivity index (χ2n) is 2.72. The highest BCUT2D eigenvalue weighted by atomic mass is 79.9. The maximum Gasteiger partial charge on any atom is 0.331 e. The van der Waals surface area contributed by atoms with Crippen LogP contribution in [0.3, 0.4) is 0 Å². The third kappa shape index (κ3) is 2.76. The van der Waals surface area contributed by atoms with Gasteiger partial charge in [0.05, 0.1) is 0 Å². The monoisotopic (exact) mass is 275 g/mol. The molecule has 4 nitrogen and oxygen atoms in total. The minimum atomic E-state index is -1.37. The lowest BCUT2D eigenvalue weighted by molar-refractivity contribution is -0.140. The number of benzene rings is 1. The minimum absolute atomic E-state index is 0.0854. The Morgan fingerprint density at radius 1 is 1.60 bits per heavy atom. The first kappa shape index (κ1) is 11.6. The van der Waals surface area contributed by atoms with Gasteiger partial charge >= 0.3 is 5.97 Å². The van der Waals surface area contributed by atoms with Gasteiger partial charge in [-0.05, 0) is 12.1 Å². The number of halogens is 2. The summed E-state index contributed by atoms with van der Waals surface area (Å²) < 4.78 is 13.8. The summed E-state index contributed by atoms with van der Waals surface area (Å²) in [5.74, 6) is -2.01. The minimum Gasteiger partial charge on any atom is -0.479 e. The summed E-state index contributed by atoms with van der Waals surface area (Å²) in [4.78, 5) is 20.9. The van der Waals surface area contributed by atoms with Crippen molar-refractivity contribution in [2.75, 3.05) is 0 Å². The Bertz CT molecular complexity index is 397. The standard InChI is InChI=1S/C9H7BrFNO3/c10-5-1-2-6(7(11)3-5)8(9(14)15)12-4-13/h1-4,8H,(H,12,13)(H,14,15). The summed E-state index contributed by atoms with van der Waals surface area (Å²) >= 11 is 3.04. The molecule has 6 heteroatoms. The molecule has 15 heavy (non-hydrogen) atoms. The number of carboxylic acid groups (broad SMARTS) is 1. The van der Waals surface area contributed by atoms with Crippen LogP contribution in [0.25, 0.3) is 0 Å². The van der Waals surface area contributed by atoms with Crippen LogP contribution in [0.2, 0.25) is 0 Å². The lowest BCUT2D eigenvalue weighted by Crippen LogP contribution is -2.28. The average Bonchev–Trinajstić information content (AvgIpc) is 2.15. The number of hydrogen-bond donors (Lipinski definition) is 2. The first-order valence-electron chi connectivity index (χ1n) is 3.93. The van der Waals surface area contributed by atoms with Gasteiger partial charge in [-0.25, -0.2) is 9.18 Å². The van der Waals surface area contributed by atoms with Crippen LogP contribution in [0.4, 0.5) is 4.39 Å². The van der Waals surface area contributed by atoms with E-state index in [0.29, 0.717) is 4.47 Å². The number of carboxylic acids is 1. The fraction of sp³-hybridized carbons (Fsp3) is 0.111. The second kappa shape index (κ2) is 4.88. The molecule has 1 rings (SSSR count). The highest BCUT2D eigenvalue weighted by Crippen LogP contribution is 2.21. The van der Waals surface area contributed by atoms with Crippen LogP contribution in [0.5, 0.6) is 0 Å². The van der Waals surface area contributed by atoms with E-state index in [1.54, 1.807) is 0 Å². The van der Waals surface area contributed by atoms with Gasteiger partial charge in [0.25, 0.3) is 0 Å². The zero-order valence-corrected chi connectivity index (χ0v) is 8.99.